The molecule has 9 nitrogen and oxygen atoms in total. The number of nitro benzene ring substituents is 1. The third-order valence-corrected chi connectivity index (χ3v) is 7.69. The number of rotatable bonds is 7. The Morgan fingerprint density at radius 1 is 1.03 bits per heavy atom. The number of nitro groups is 1. The van der Waals surface area contributed by atoms with Gasteiger partial charge in [0.15, 0.2) is 11.5 Å². The molecule has 0 aromatic heterocycles. The highest BCUT2D eigenvalue weighted by Crippen LogP contribution is 2.65. The molecule has 2 amide bonds. The molecular formula is C26H23N3O6. The van der Waals surface area contributed by atoms with Crippen LogP contribution in [0.3, 0.4) is 0 Å². The van der Waals surface area contributed by atoms with Crippen LogP contribution in [0.25, 0.3) is 0 Å². The van der Waals surface area contributed by atoms with Crippen molar-refractivity contribution in [1.82, 2.24) is 5.01 Å². The molecule has 7 rings (SSSR count). The number of carbonyl (C=O) groups is 2. The molecule has 2 aromatic carbocycles. The van der Waals surface area contributed by atoms with Crippen molar-refractivity contribution in [3.63, 3.8) is 0 Å². The topological polar surface area (TPSA) is 111 Å². The van der Waals surface area contributed by atoms with Crippen LogP contribution >= 0.6 is 0 Å². The van der Waals surface area contributed by atoms with Gasteiger partial charge in [0.2, 0.25) is 0 Å². The summed E-state index contributed by atoms with van der Waals surface area (Å²) >= 11 is 0. The lowest BCUT2D eigenvalue weighted by Crippen LogP contribution is -2.40. The molecule has 2 saturated carbocycles. The molecule has 35 heavy (non-hydrogen) atoms. The van der Waals surface area contributed by atoms with Crippen LogP contribution in [-0.4, -0.2) is 35.1 Å². The van der Waals surface area contributed by atoms with E-state index in [1.54, 1.807) is 30.3 Å². The molecule has 3 fully saturated rings. The van der Waals surface area contributed by atoms with E-state index < -0.39 is 4.92 Å². The normalized spacial score (nSPS) is 29.9. The molecule has 1 heterocycles. The van der Waals surface area contributed by atoms with Gasteiger partial charge in [0.25, 0.3) is 17.5 Å². The summed E-state index contributed by atoms with van der Waals surface area (Å²) in [5.41, 5.74) is 1.45. The van der Waals surface area contributed by atoms with Gasteiger partial charge in [-0.3, -0.25) is 19.7 Å². The van der Waals surface area contributed by atoms with Crippen molar-refractivity contribution < 1.29 is 24.0 Å². The van der Waals surface area contributed by atoms with Gasteiger partial charge in [-0.15, -0.1) is 0 Å². The number of benzene rings is 2. The standard InChI is InChI=1S/C26H23N3O6/c1-34-22-10-15(4-9-21(22)35-13-14-2-5-16(6-3-14)29(32)33)12-27-28-25(30)23-17-7-8-18(20-11-19(17)20)24(23)26(28)31/h2-10,12,17-20,23-24H,11,13H2,1H3/b27-12-/t17-,18-,19-,20+,23+,24+/m0/s1. The van der Waals surface area contributed by atoms with Crippen molar-refractivity contribution >= 4 is 23.7 Å². The molecule has 0 unspecified atom stereocenters. The monoisotopic (exact) mass is 473 g/mol. The molecule has 9 heteroatoms. The van der Waals surface area contributed by atoms with Gasteiger partial charge in [-0.2, -0.15) is 10.1 Å². The van der Waals surface area contributed by atoms with Gasteiger partial charge in [0, 0.05) is 12.1 Å². The molecule has 2 bridgehead atoms. The zero-order valence-corrected chi connectivity index (χ0v) is 18.9. The second-order valence-electron chi connectivity index (χ2n) is 9.51. The maximum atomic E-state index is 13.1. The van der Waals surface area contributed by atoms with E-state index in [4.69, 9.17) is 9.47 Å². The maximum absolute atomic E-state index is 13.1. The molecule has 5 aliphatic rings. The Balaban J connectivity index is 1.15. The summed E-state index contributed by atoms with van der Waals surface area (Å²) in [5.74, 6) is 1.44. The maximum Gasteiger partial charge on any atom is 0.269 e. The lowest BCUT2D eigenvalue weighted by molar-refractivity contribution is -0.384. The Bertz CT molecular complexity index is 1250. The van der Waals surface area contributed by atoms with Crippen molar-refractivity contribution in [2.24, 2.45) is 40.6 Å². The molecule has 6 atom stereocenters. The summed E-state index contributed by atoms with van der Waals surface area (Å²) in [6.45, 7) is 0.208. The number of allylic oxidation sites excluding steroid dienone is 2. The summed E-state index contributed by atoms with van der Waals surface area (Å²) in [5, 5.41) is 16.1. The number of imide groups is 1. The molecule has 1 aliphatic heterocycles. The number of hydrogen-bond acceptors (Lipinski definition) is 7. The molecular weight excluding hydrogens is 450 g/mol. The number of carbonyl (C=O) groups excluding carboxylic acids is 2. The van der Waals surface area contributed by atoms with Crippen LogP contribution in [-0.2, 0) is 16.2 Å². The number of hydrogen-bond donors (Lipinski definition) is 0. The van der Waals surface area contributed by atoms with Gasteiger partial charge in [0.1, 0.15) is 6.61 Å². The number of hydrazone groups is 1. The molecule has 0 spiro atoms. The van der Waals surface area contributed by atoms with Crippen LogP contribution in [0.5, 0.6) is 11.5 Å². The first kappa shape index (κ1) is 21.5. The Labute approximate surface area is 201 Å². The highest BCUT2D eigenvalue weighted by atomic mass is 16.6. The number of amides is 2. The van der Waals surface area contributed by atoms with E-state index in [0.29, 0.717) is 28.9 Å². The third kappa shape index (κ3) is 3.50. The van der Waals surface area contributed by atoms with Gasteiger partial charge in [0.05, 0.1) is 30.1 Å². The molecule has 4 aliphatic carbocycles. The Morgan fingerprint density at radius 3 is 2.29 bits per heavy atom. The van der Waals surface area contributed by atoms with Crippen LogP contribution in [0.4, 0.5) is 5.69 Å². The van der Waals surface area contributed by atoms with Crippen molar-refractivity contribution in [2.75, 3.05) is 7.11 Å². The van der Waals surface area contributed by atoms with E-state index in [2.05, 4.69) is 17.3 Å². The predicted octanol–water partition coefficient (Wildman–Crippen LogP) is 3.57. The minimum atomic E-state index is -0.450. The third-order valence-electron chi connectivity index (χ3n) is 7.69. The Morgan fingerprint density at radius 2 is 1.69 bits per heavy atom. The zero-order chi connectivity index (χ0) is 24.3. The van der Waals surface area contributed by atoms with Crippen LogP contribution in [0.2, 0.25) is 0 Å². The Kier molecular flexibility index (Phi) is 4.94. The summed E-state index contributed by atoms with van der Waals surface area (Å²) < 4.78 is 11.3. The predicted molar refractivity (Wildman–Crippen MR) is 125 cm³/mol. The summed E-state index contributed by atoms with van der Waals surface area (Å²) in [4.78, 5) is 36.5. The van der Waals surface area contributed by atoms with Gasteiger partial charge in [-0.05, 0) is 71.6 Å². The van der Waals surface area contributed by atoms with Gasteiger partial charge >= 0.3 is 0 Å². The highest BCUT2D eigenvalue weighted by molar-refractivity contribution is 6.06. The van der Waals surface area contributed by atoms with E-state index in [-0.39, 0.29) is 47.8 Å². The van der Waals surface area contributed by atoms with E-state index in [1.165, 1.54) is 25.5 Å². The minimum Gasteiger partial charge on any atom is -0.493 e. The van der Waals surface area contributed by atoms with Gasteiger partial charge in [-0.25, -0.2) is 0 Å². The molecule has 178 valence electrons. The average Bonchev–Trinajstić information content (AvgIpc) is 3.66. The van der Waals surface area contributed by atoms with Crippen LogP contribution in [0, 0.1) is 45.6 Å². The quantitative estimate of drug-likeness (QED) is 0.200. The van der Waals surface area contributed by atoms with Crippen LogP contribution < -0.4 is 9.47 Å². The van der Waals surface area contributed by atoms with Crippen molar-refractivity contribution in [2.45, 2.75) is 13.0 Å². The Hall–Kier alpha value is -4.01. The second-order valence-corrected chi connectivity index (χ2v) is 9.51. The number of nitrogens with zero attached hydrogens (tertiary/aromatic N) is 3. The zero-order valence-electron chi connectivity index (χ0n) is 18.9. The largest absolute Gasteiger partial charge is 0.493 e. The number of non-ortho nitro benzene ring substituents is 1. The lowest BCUT2D eigenvalue weighted by atomic mass is 9.63. The molecule has 1 saturated heterocycles. The average molecular weight is 473 g/mol. The molecule has 2 aromatic rings. The van der Waals surface area contributed by atoms with Crippen molar-refractivity contribution in [3.8, 4) is 11.5 Å². The van der Waals surface area contributed by atoms with Crippen LogP contribution in [0.1, 0.15) is 17.5 Å². The first-order valence-corrected chi connectivity index (χ1v) is 11.6. The SMILES string of the molecule is COc1cc(/C=N\N2C(=O)[C@@H]3[C@H]4C=C[C@@H]([C@@H]5C[C@H]45)[C@H]3C2=O)ccc1OCc1ccc([N+](=O)[O-])cc1. The first-order valence-electron chi connectivity index (χ1n) is 11.6. The summed E-state index contributed by atoms with van der Waals surface area (Å²) in [6.07, 6.45) is 6.89. The smallest absolute Gasteiger partial charge is 0.269 e. The molecule has 0 radical (unpaired) electrons. The minimum absolute atomic E-state index is 0.0184. The van der Waals surface area contributed by atoms with Gasteiger partial charge in [-0.1, -0.05) is 12.2 Å². The van der Waals surface area contributed by atoms with Crippen molar-refractivity contribution in [3.05, 3.63) is 75.9 Å². The lowest BCUT2D eigenvalue weighted by Gasteiger charge is -2.37. The molecule has 0 N–H and O–H groups in total. The summed E-state index contributed by atoms with van der Waals surface area (Å²) in [7, 11) is 1.52. The first-order chi connectivity index (χ1) is 17.0. The van der Waals surface area contributed by atoms with E-state index in [1.807, 2.05) is 0 Å². The number of methoxy groups -OCH3 is 1. The second kappa shape index (κ2) is 8.04. The fraction of sp³-hybridized carbons (Fsp3) is 0.346. The van der Waals surface area contributed by atoms with Gasteiger partial charge < -0.3 is 9.47 Å². The van der Waals surface area contributed by atoms with E-state index in [0.717, 1.165) is 17.0 Å². The fourth-order valence-electron chi connectivity index (χ4n) is 5.94. The van der Waals surface area contributed by atoms with Crippen molar-refractivity contribution in [1.29, 1.82) is 0 Å². The van der Waals surface area contributed by atoms with Crippen LogP contribution in [0.15, 0.2) is 59.7 Å². The van der Waals surface area contributed by atoms with E-state index in [9.17, 15) is 19.7 Å². The fourth-order valence-corrected chi connectivity index (χ4v) is 5.94. The number of ether oxygens (including phenoxy) is 2. The highest BCUT2D eigenvalue weighted by Gasteiger charge is 2.67. The van der Waals surface area contributed by atoms with E-state index >= 15 is 0 Å². The summed E-state index contributed by atoms with van der Waals surface area (Å²) in [6, 6.07) is 11.3.